The van der Waals surface area contributed by atoms with Crippen molar-refractivity contribution in [2.75, 3.05) is 0 Å². The number of non-ortho nitro benzene ring substituents is 1. The Kier molecular flexibility index (Phi) is 2.82. The maximum Gasteiger partial charge on any atom is 0.335 e. The van der Waals surface area contributed by atoms with E-state index in [-0.39, 0.29) is 33.5 Å². The zero-order valence-corrected chi connectivity index (χ0v) is 10.2. The molecule has 2 aromatic rings. The molecule has 1 heterocycles. The fraction of sp³-hybridized carbons (Fsp3) is 0.167. The number of H-pyrrole nitrogens is 1. The second-order valence-electron chi connectivity index (χ2n) is 4.16. The van der Waals surface area contributed by atoms with Gasteiger partial charge in [-0.2, -0.15) is 0 Å². The molecule has 0 atom stereocenters. The predicted molar refractivity (Wildman–Crippen MR) is 66.7 cm³/mol. The average molecular weight is 262 g/mol. The monoisotopic (exact) mass is 262 g/mol. The van der Waals surface area contributed by atoms with E-state index < -0.39 is 10.9 Å². The number of rotatable bonds is 3. The van der Waals surface area contributed by atoms with Crippen molar-refractivity contribution >= 4 is 28.3 Å². The summed E-state index contributed by atoms with van der Waals surface area (Å²) in [5.74, 6) is -1.56. The molecule has 1 aromatic heterocycles. The molecular weight excluding hydrogens is 252 g/mol. The number of Topliss-reactive ketones (excluding diaryl/α,β-unsaturated/α-hetero) is 1. The summed E-state index contributed by atoms with van der Waals surface area (Å²) in [7, 11) is 0. The molecule has 2 rings (SSSR count). The van der Waals surface area contributed by atoms with Crippen molar-refractivity contribution in [2.45, 2.75) is 13.8 Å². The van der Waals surface area contributed by atoms with E-state index in [1.54, 1.807) is 6.92 Å². The van der Waals surface area contributed by atoms with Gasteiger partial charge in [0.1, 0.15) is 5.52 Å². The lowest BCUT2D eigenvalue weighted by atomic mass is 10.0. The van der Waals surface area contributed by atoms with Crippen LogP contribution in [-0.2, 0) is 0 Å². The van der Waals surface area contributed by atoms with Gasteiger partial charge in [0.2, 0.25) is 0 Å². The van der Waals surface area contributed by atoms with Crippen LogP contribution in [0.15, 0.2) is 12.1 Å². The van der Waals surface area contributed by atoms with Crippen molar-refractivity contribution < 1.29 is 19.6 Å². The Morgan fingerprint density at radius 3 is 2.47 bits per heavy atom. The number of nitro groups is 1. The largest absolute Gasteiger partial charge is 0.478 e. The highest BCUT2D eigenvalue weighted by Crippen LogP contribution is 2.31. The molecule has 98 valence electrons. The number of carboxylic acids is 1. The van der Waals surface area contributed by atoms with Crippen LogP contribution in [0.4, 0.5) is 5.69 Å². The second kappa shape index (κ2) is 4.20. The molecule has 1 aromatic carbocycles. The van der Waals surface area contributed by atoms with Crippen LogP contribution in [0.1, 0.15) is 33.3 Å². The summed E-state index contributed by atoms with van der Waals surface area (Å²) in [6.45, 7) is 2.94. The molecule has 0 unspecified atom stereocenters. The van der Waals surface area contributed by atoms with Crippen molar-refractivity contribution in [1.29, 1.82) is 0 Å². The number of aromatic nitrogens is 1. The van der Waals surface area contributed by atoms with Crippen molar-refractivity contribution in [1.82, 2.24) is 4.98 Å². The van der Waals surface area contributed by atoms with Gasteiger partial charge < -0.3 is 10.1 Å². The van der Waals surface area contributed by atoms with Crippen LogP contribution < -0.4 is 0 Å². The lowest BCUT2D eigenvalue weighted by molar-refractivity contribution is -0.383. The summed E-state index contributed by atoms with van der Waals surface area (Å²) in [6.07, 6.45) is 0. The Hall–Kier alpha value is -2.70. The minimum atomic E-state index is -1.28. The quantitative estimate of drug-likeness (QED) is 0.500. The fourth-order valence-corrected chi connectivity index (χ4v) is 2.13. The SMILES string of the molecule is CC(=O)c1c(C)[nH]c2c([N+](=O)[O-])cc(C(=O)O)cc12. The highest BCUT2D eigenvalue weighted by Gasteiger charge is 2.23. The van der Waals surface area contributed by atoms with Crippen LogP contribution in [0.25, 0.3) is 10.9 Å². The van der Waals surface area contributed by atoms with E-state index in [2.05, 4.69) is 4.98 Å². The molecule has 7 nitrogen and oxygen atoms in total. The van der Waals surface area contributed by atoms with Gasteiger partial charge >= 0.3 is 5.97 Å². The number of carboxylic acid groups (broad SMARTS) is 1. The third-order valence-corrected chi connectivity index (χ3v) is 2.87. The molecule has 7 heteroatoms. The number of fused-ring (bicyclic) bond motifs is 1. The van der Waals surface area contributed by atoms with Gasteiger partial charge in [-0.05, 0) is 19.9 Å². The van der Waals surface area contributed by atoms with Crippen LogP contribution in [0.3, 0.4) is 0 Å². The summed E-state index contributed by atoms with van der Waals surface area (Å²) >= 11 is 0. The van der Waals surface area contributed by atoms with Crippen LogP contribution in [0, 0.1) is 17.0 Å². The van der Waals surface area contributed by atoms with Gasteiger partial charge in [0.15, 0.2) is 5.78 Å². The number of carbonyl (C=O) groups excluding carboxylic acids is 1. The molecule has 0 aliphatic heterocycles. The third-order valence-electron chi connectivity index (χ3n) is 2.87. The van der Waals surface area contributed by atoms with Gasteiger partial charge in [0.25, 0.3) is 5.69 Å². The molecule has 0 saturated carbocycles. The van der Waals surface area contributed by atoms with E-state index in [1.807, 2.05) is 0 Å². The first-order valence-corrected chi connectivity index (χ1v) is 5.38. The van der Waals surface area contributed by atoms with E-state index in [1.165, 1.54) is 13.0 Å². The predicted octanol–water partition coefficient (Wildman–Crippen LogP) is 2.29. The van der Waals surface area contributed by atoms with Crippen molar-refractivity contribution in [2.24, 2.45) is 0 Å². The Morgan fingerprint density at radius 2 is 2.00 bits per heavy atom. The van der Waals surface area contributed by atoms with E-state index in [0.29, 0.717) is 5.69 Å². The Morgan fingerprint density at radius 1 is 1.37 bits per heavy atom. The number of aryl methyl sites for hydroxylation is 1. The normalized spacial score (nSPS) is 10.6. The third kappa shape index (κ3) is 1.95. The van der Waals surface area contributed by atoms with Crippen LogP contribution in [0.2, 0.25) is 0 Å². The molecule has 0 radical (unpaired) electrons. The molecule has 0 saturated heterocycles. The average Bonchev–Trinajstić information content (AvgIpc) is 2.62. The zero-order chi connectivity index (χ0) is 14.3. The van der Waals surface area contributed by atoms with E-state index in [0.717, 1.165) is 6.07 Å². The van der Waals surface area contributed by atoms with E-state index >= 15 is 0 Å². The molecule has 19 heavy (non-hydrogen) atoms. The number of carbonyl (C=O) groups is 2. The molecule has 0 spiro atoms. The molecule has 0 bridgehead atoms. The topological polar surface area (TPSA) is 113 Å². The zero-order valence-electron chi connectivity index (χ0n) is 10.2. The maximum absolute atomic E-state index is 11.6. The lowest BCUT2D eigenvalue weighted by Crippen LogP contribution is -2.00. The molecule has 2 N–H and O–H groups in total. The second-order valence-corrected chi connectivity index (χ2v) is 4.16. The van der Waals surface area contributed by atoms with Gasteiger partial charge in [-0.25, -0.2) is 4.79 Å². The van der Waals surface area contributed by atoms with Gasteiger partial charge in [0.05, 0.1) is 10.5 Å². The first-order chi connectivity index (χ1) is 8.82. The molecule has 0 fully saturated rings. The summed E-state index contributed by atoms with van der Waals surface area (Å²) in [4.78, 5) is 35.6. The molecular formula is C12H10N2O5. The van der Waals surface area contributed by atoms with Gasteiger partial charge in [-0.15, -0.1) is 0 Å². The summed E-state index contributed by atoms with van der Waals surface area (Å²) in [5.41, 5.74) is 0.346. The Balaban J connectivity index is 2.95. The van der Waals surface area contributed by atoms with Crippen LogP contribution >= 0.6 is 0 Å². The summed E-state index contributed by atoms with van der Waals surface area (Å²) in [6, 6.07) is 2.25. The number of nitrogens with zero attached hydrogens (tertiary/aromatic N) is 1. The Bertz CT molecular complexity index is 729. The standard InChI is InChI=1S/C12H10N2O5/c1-5-10(6(2)15)8-3-7(12(16)17)4-9(14(18)19)11(8)13-5/h3-4,13H,1-2H3,(H,16,17). The van der Waals surface area contributed by atoms with Crippen LogP contribution in [-0.4, -0.2) is 26.8 Å². The first kappa shape index (κ1) is 12.7. The number of nitro benzene ring substituents is 1. The maximum atomic E-state index is 11.6. The Labute approximate surface area is 107 Å². The summed E-state index contributed by atoms with van der Waals surface area (Å²) in [5, 5.41) is 20.2. The van der Waals surface area contributed by atoms with Gasteiger partial charge in [0, 0.05) is 22.7 Å². The highest BCUT2D eigenvalue weighted by atomic mass is 16.6. The smallest absolute Gasteiger partial charge is 0.335 e. The lowest BCUT2D eigenvalue weighted by Gasteiger charge is -1.99. The van der Waals surface area contributed by atoms with Gasteiger partial charge in [-0.1, -0.05) is 0 Å². The van der Waals surface area contributed by atoms with Crippen molar-refractivity contribution in [3.63, 3.8) is 0 Å². The molecule has 0 aliphatic carbocycles. The van der Waals surface area contributed by atoms with Crippen molar-refractivity contribution in [3.8, 4) is 0 Å². The highest BCUT2D eigenvalue weighted by molar-refractivity contribution is 6.11. The van der Waals surface area contributed by atoms with E-state index in [4.69, 9.17) is 5.11 Å². The first-order valence-electron chi connectivity index (χ1n) is 5.38. The number of aromatic amines is 1. The van der Waals surface area contributed by atoms with Crippen molar-refractivity contribution in [3.05, 3.63) is 39.1 Å². The summed E-state index contributed by atoms with van der Waals surface area (Å²) < 4.78 is 0. The number of hydrogen-bond acceptors (Lipinski definition) is 4. The number of hydrogen-bond donors (Lipinski definition) is 2. The number of benzene rings is 1. The minimum absolute atomic E-state index is 0.165. The van der Waals surface area contributed by atoms with Gasteiger partial charge in [-0.3, -0.25) is 14.9 Å². The minimum Gasteiger partial charge on any atom is -0.478 e. The number of ketones is 1. The molecule has 0 amide bonds. The fourth-order valence-electron chi connectivity index (χ4n) is 2.13. The van der Waals surface area contributed by atoms with Crippen LogP contribution in [0.5, 0.6) is 0 Å². The molecule has 0 aliphatic rings. The number of nitrogens with one attached hydrogen (secondary N) is 1. The number of aromatic carboxylic acids is 1. The van der Waals surface area contributed by atoms with E-state index in [9.17, 15) is 19.7 Å².